The minimum atomic E-state index is 0.582. The number of hydrogen-bond donors (Lipinski definition) is 0. The van der Waals surface area contributed by atoms with Crippen LogP contribution >= 0.6 is 0 Å². The molecule has 94 valence electrons. The molecule has 0 radical (unpaired) electrons. The van der Waals surface area contributed by atoms with E-state index in [0.717, 1.165) is 19.7 Å². The summed E-state index contributed by atoms with van der Waals surface area (Å²) >= 11 is 0. The van der Waals surface area contributed by atoms with Crippen molar-refractivity contribution in [2.24, 2.45) is 0 Å². The van der Waals surface area contributed by atoms with Crippen LogP contribution in [-0.4, -0.2) is 63.3 Å². The highest BCUT2D eigenvalue weighted by Crippen LogP contribution is 2.05. The summed E-state index contributed by atoms with van der Waals surface area (Å²) in [7, 11) is 6.09. The molecule has 1 heterocycles. The van der Waals surface area contributed by atoms with E-state index >= 15 is 0 Å². The Hall–Kier alpha value is -0.120. The number of likely N-dealkylation sites (N-methyl/N-ethyl adjacent to an activating group) is 2. The zero-order valence-corrected chi connectivity index (χ0v) is 11.7. The second-order valence-electron chi connectivity index (χ2n) is 3.35. The second-order valence-corrected chi connectivity index (χ2v) is 3.35. The van der Waals surface area contributed by atoms with Crippen LogP contribution in [0.15, 0.2) is 0 Å². The van der Waals surface area contributed by atoms with E-state index in [-0.39, 0.29) is 0 Å². The van der Waals surface area contributed by atoms with Crippen LogP contribution in [0.25, 0.3) is 0 Å². The van der Waals surface area contributed by atoms with Gasteiger partial charge in [-0.1, -0.05) is 27.7 Å². The third-order valence-corrected chi connectivity index (χ3v) is 2.34. The number of rotatable bonds is 2. The first-order chi connectivity index (χ1) is 7.24. The van der Waals surface area contributed by atoms with Crippen LogP contribution in [0.3, 0.4) is 0 Å². The first kappa shape index (κ1) is 17.3. The van der Waals surface area contributed by atoms with Crippen molar-refractivity contribution < 1.29 is 4.74 Å². The van der Waals surface area contributed by atoms with Crippen molar-refractivity contribution in [2.75, 3.05) is 47.4 Å². The maximum Gasteiger partial charge on any atom is 0.0630 e. The summed E-state index contributed by atoms with van der Waals surface area (Å²) in [6, 6.07) is 0.582. The summed E-state index contributed by atoms with van der Waals surface area (Å²) in [5.41, 5.74) is 0. The molecule has 1 saturated heterocycles. The van der Waals surface area contributed by atoms with Crippen molar-refractivity contribution >= 4 is 0 Å². The molecule has 0 aromatic heterocycles. The Kier molecular flexibility index (Phi) is 13.8. The molecule has 3 heteroatoms. The number of nitrogens with zero attached hydrogens (tertiary/aromatic N) is 2. The van der Waals surface area contributed by atoms with Crippen molar-refractivity contribution in [3.63, 3.8) is 0 Å². The Morgan fingerprint density at radius 3 is 2.07 bits per heavy atom. The lowest BCUT2D eigenvalue weighted by Crippen LogP contribution is -2.51. The Labute approximate surface area is 96.4 Å². The molecule has 0 amide bonds. The van der Waals surface area contributed by atoms with Crippen LogP contribution in [0.4, 0.5) is 0 Å². The summed E-state index contributed by atoms with van der Waals surface area (Å²) in [5.74, 6) is 0. The van der Waals surface area contributed by atoms with Gasteiger partial charge in [0.05, 0.1) is 6.61 Å². The molecule has 0 spiro atoms. The van der Waals surface area contributed by atoms with Crippen LogP contribution in [0.2, 0.25) is 0 Å². The molecule has 0 bridgehead atoms. The van der Waals surface area contributed by atoms with Gasteiger partial charge in [0.2, 0.25) is 0 Å². The van der Waals surface area contributed by atoms with Crippen LogP contribution in [0.1, 0.15) is 27.7 Å². The van der Waals surface area contributed by atoms with Gasteiger partial charge in [-0.25, -0.2) is 0 Å². The molecule has 0 unspecified atom stereocenters. The monoisotopic (exact) mass is 218 g/mol. The summed E-state index contributed by atoms with van der Waals surface area (Å²) < 4.78 is 5.13. The van der Waals surface area contributed by atoms with E-state index in [0.29, 0.717) is 6.04 Å². The van der Waals surface area contributed by atoms with E-state index in [1.807, 2.05) is 27.7 Å². The zero-order chi connectivity index (χ0) is 12.3. The molecule has 1 aliphatic rings. The third-order valence-electron chi connectivity index (χ3n) is 2.34. The smallest absolute Gasteiger partial charge is 0.0630 e. The zero-order valence-electron chi connectivity index (χ0n) is 11.7. The lowest BCUT2D eigenvalue weighted by molar-refractivity contribution is 0.0504. The minimum Gasteiger partial charge on any atom is -0.383 e. The van der Waals surface area contributed by atoms with Gasteiger partial charge >= 0.3 is 0 Å². The number of methoxy groups -OCH3 is 1. The van der Waals surface area contributed by atoms with Gasteiger partial charge in [-0.15, -0.1) is 0 Å². The van der Waals surface area contributed by atoms with Crippen LogP contribution in [0.5, 0.6) is 0 Å². The molecule has 0 aromatic rings. The number of piperazine rings is 1. The highest BCUT2D eigenvalue weighted by molar-refractivity contribution is 4.77. The van der Waals surface area contributed by atoms with Crippen LogP contribution in [0, 0.1) is 0 Å². The predicted molar refractivity (Wildman–Crippen MR) is 68.5 cm³/mol. The lowest BCUT2D eigenvalue weighted by Gasteiger charge is -2.37. The van der Waals surface area contributed by atoms with Gasteiger partial charge in [0, 0.05) is 32.8 Å². The molecule has 1 rings (SSSR count). The molecule has 0 saturated carbocycles. The van der Waals surface area contributed by atoms with Crippen molar-refractivity contribution in [2.45, 2.75) is 33.7 Å². The fourth-order valence-electron chi connectivity index (χ4n) is 1.47. The average molecular weight is 218 g/mol. The van der Waals surface area contributed by atoms with Gasteiger partial charge in [-0.05, 0) is 14.1 Å². The van der Waals surface area contributed by atoms with Crippen LogP contribution in [-0.2, 0) is 4.74 Å². The molecule has 15 heavy (non-hydrogen) atoms. The molecule has 3 nitrogen and oxygen atoms in total. The Morgan fingerprint density at radius 2 is 1.60 bits per heavy atom. The van der Waals surface area contributed by atoms with Gasteiger partial charge in [-0.3, -0.25) is 4.90 Å². The Balaban J connectivity index is 0. The Bertz CT molecular complexity index is 120. The first-order valence-corrected chi connectivity index (χ1v) is 6.11. The molecular formula is C12H30N2O. The van der Waals surface area contributed by atoms with Crippen molar-refractivity contribution in [1.82, 2.24) is 9.80 Å². The predicted octanol–water partition coefficient (Wildman–Crippen LogP) is 1.93. The van der Waals surface area contributed by atoms with E-state index in [4.69, 9.17) is 4.74 Å². The minimum absolute atomic E-state index is 0.582. The number of hydrogen-bond acceptors (Lipinski definition) is 3. The summed E-state index contributed by atoms with van der Waals surface area (Å²) in [5, 5.41) is 0. The first-order valence-electron chi connectivity index (χ1n) is 6.11. The van der Waals surface area contributed by atoms with E-state index in [1.54, 1.807) is 7.11 Å². The average Bonchev–Trinajstić information content (AvgIpc) is 2.29. The molecule has 0 aromatic carbocycles. The topological polar surface area (TPSA) is 15.7 Å². The largest absolute Gasteiger partial charge is 0.383 e. The van der Waals surface area contributed by atoms with Crippen molar-refractivity contribution in [3.05, 3.63) is 0 Å². The van der Waals surface area contributed by atoms with E-state index in [2.05, 4.69) is 23.9 Å². The van der Waals surface area contributed by atoms with E-state index < -0.39 is 0 Å². The SMILES string of the molecule is CC.CC.COC[C@H]1CN(C)CCN1C. The normalized spacial score (nSPS) is 22.2. The van der Waals surface area contributed by atoms with Crippen LogP contribution < -0.4 is 0 Å². The molecule has 0 N–H and O–H groups in total. The lowest BCUT2D eigenvalue weighted by atomic mass is 10.2. The van der Waals surface area contributed by atoms with E-state index in [9.17, 15) is 0 Å². The molecule has 1 fully saturated rings. The maximum atomic E-state index is 5.13. The fourth-order valence-corrected chi connectivity index (χ4v) is 1.47. The van der Waals surface area contributed by atoms with Crippen molar-refractivity contribution in [3.8, 4) is 0 Å². The summed E-state index contributed by atoms with van der Waals surface area (Å²) in [6.07, 6.45) is 0. The highest BCUT2D eigenvalue weighted by Gasteiger charge is 2.21. The van der Waals surface area contributed by atoms with Gasteiger partial charge in [0.15, 0.2) is 0 Å². The van der Waals surface area contributed by atoms with Gasteiger partial charge in [0.1, 0.15) is 0 Å². The van der Waals surface area contributed by atoms with E-state index in [1.165, 1.54) is 6.54 Å². The quantitative estimate of drug-likeness (QED) is 0.704. The molecule has 1 aliphatic heterocycles. The fraction of sp³-hybridized carbons (Fsp3) is 1.00. The number of ether oxygens (including phenoxy) is 1. The standard InChI is InChI=1S/C8H18N2O.2C2H6/c1-9-4-5-10(2)8(6-9)7-11-3;2*1-2/h8H,4-7H2,1-3H3;2*1-2H3/t8-;;/m1../s1. The summed E-state index contributed by atoms with van der Waals surface area (Å²) in [4.78, 5) is 4.72. The molecule has 0 aliphatic carbocycles. The summed E-state index contributed by atoms with van der Waals surface area (Å²) in [6.45, 7) is 12.3. The third kappa shape index (κ3) is 7.77. The highest BCUT2D eigenvalue weighted by atomic mass is 16.5. The second kappa shape index (κ2) is 12.0. The van der Waals surface area contributed by atoms with Crippen molar-refractivity contribution in [1.29, 1.82) is 0 Å². The Morgan fingerprint density at radius 1 is 1.07 bits per heavy atom. The molecular weight excluding hydrogens is 188 g/mol. The van der Waals surface area contributed by atoms with Gasteiger partial charge < -0.3 is 9.64 Å². The van der Waals surface area contributed by atoms with Gasteiger partial charge in [0.25, 0.3) is 0 Å². The molecule has 1 atom stereocenters. The van der Waals surface area contributed by atoms with Gasteiger partial charge in [-0.2, -0.15) is 0 Å². The maximum absolute atomic E-state index is 5.13.